The van der Waals surface area contributed by atoms with Crippen molar-refractivity contribution in [2.24, 2.45) is 0 Å². The smallest absolute Gasteiger partial charge is 0.383 e. The molecule has 0 aliphatic carbocycles. The van der Waals surface area contributed by atoms with Crippen LogP contribution in [-0.4, -0.2) is 37.1 Å². The first-order valence-corrected chi connectivity index (χ1v) is 6.51. The van der Waals surface area contributed by atoms with Gasteiger partial charge in [-0.15, -0.1) is 0 Å². The van der Waals surface area contributed by atoms with Crippen LogP contribution in [0.4, 0.5) is 18.0 Å². The molecule has 3 amide bonds. The van der Waals surface area contributed by atoms with Gasteiger partial charge in [-0.3, -0.25) is 9.69 Å². The van der Waals surface area contributed by atoms with Crippen LogP contribution in [-0.2, 0) is 21.2 Å². The van der Waals surface area contributed by atoms with Crippen LogP contribution in [0.1, 0.15) is 18.1 Å². The molecule has 1 aromatic carbocycles. The molecule has 0 spiro atoms. The second-order valence-electron chi connectivity index (χ2n) is 5.08. The van der Waals surface area contributed by atoms with Crippen molar-refractivity contribution in [1.29, 1.82) is 0 Å². The molecule has 0 radical (unpaired) electrons. The number of benzene rings is 1. The molecule has 1 N–H and O–H groups in total. The Hall–Kier alpha value is -2.09. The number of rotatable bonds is 4. The Morgan fingerprint density at radius 1 is 1.32 bits per heavy atom. The third-order valence-electron chi connectivity index (χ3n) is 3.56. The van der Waals surface area contributed by atoms with Crippen LogP contribution < -0.4 is 5.32 Å². The highest BCUT2D eigenvalue weighted by Crippen LogP contribution is 2.34. The fourth-order valence-corrected chi connectivity index (χ4v) is 2.28. The Kier molecular flexibility index (Phi) is 4.15. The predicted molar refractivity (Wildman–Crippen MR) is 70.9 cm³/mol. The number of halogens is 3. The number of hydrogen-bond donors (Lipinski definition) is 1. The number of urea groups is 1. The molecule has 5 nitrogen and oxygen atoms in total. The molecule has 8 heteroatoms. The van der Waals surface area contributed by atoms with Crippen LogP contribution in [0.3, 0.4) is 0 Å². The third-order valence-corrected chi connectivity index (χ3v) is 3.56. The van der Waals surface area contributed by atoms with E-state index in [1.54, 1.807) is 0 Å². The third kappa shape index (κ3) is 2.78. The van der Waals surface area contributed by atoms with Gasteiger partial charge >= 0.3 is 12.2 Å². The summed E-state index contributed by atoms with van der Waals surface area (Å²) in [5, 5.41) is 2.45. The molecule has 1 saturated heterocycles. The molecule has 0 saturated carbocycles. The molecular formula is C14H15F3N2O3. The highest BCUT2D eigenvalue weighted by molar-refractivity contribution is 6.07. The first-order chi connectivity index (χ1) is 10.2. The van der Waals surface area contributed by atoms with Gasteiger partial charge in [-0.25, -0.2) is 4.79 Å². The van der Waals surface area contributed by atoms with Crippen LogP contribution in [0.25, 0.3) is 0 Å². The van der Waals surface area contributed by atoms with Gasteiger partial charge in [0.15, 0.2) is 0 Å². The lowest BCUT2D eigenvalue weighted by Crippen LogP contribution is -2.41. The Morgan fingerprint density at radius 2 is 2.00 bits per heavy atom. The first kappa shape index (κ1) is 16.3. The maximum Gasteiger partial charge on any atom is 0.416 e. The number of ether oxygens (including phenoxy) is 1. The summed E-state index contributed by atoms with van der Waals surface area (Å²) in [5.74, 6) is -0.603. The fraction of sp³-hybridized carbons (Fsp3) is 0.429. The summed E-state index contributed by atoms with van der Waals surface area (Å²) in [4.78, 5) is 25.2. The molecule has 1 aliphatic rings. The number of hydrogen-bond acceptors (Lipinski definition) is 3. The normalized spacial score (nSPS) is 22.1. The van der Waals surface area contributed by atoms with Gasteiger partial charge in [0.25, 0.3) is 5.91 Å². The number of nitrogens with zero attached hydrogens (tertiary/aromatic N) is 1. The average Bonchev–Trinajstić information content (AvgIpc) is 2.67. The standard InChI is InChI=1S/C14H15F3N2O3/c1-13(9-4-3-5-10(8-9)14(15,16)17)11(20)19(6-7-22-2)12(21)18-13/h3-5,8H,6-7H2,1-2H3,(H,18,21). The number of alkyl halides is 3. The van der Waals surface area contributed by atoms with Gasteiger partial charge in [0.05, 0.1) is 18.7 Å². The summed E-state index contributed by atoms with van der Waals surface area (Å²) < 4.78 is 43.2. The highest BCUT2D eigenvalue weighted by atomic mass is 19.4. The summed E-state index contributed by atoms with van der Waals surface area (Å²) in [6.07, 6.45) is -4.52. The molecule has 1 heterocycles. The van der Waals surface area contributed by atoms with Crippen molar-refractivity contribution in [2.75, 3.05) is 20.3 Å². The Morgan fingerprint density at radius 3 is 2.59 bits per heavy atom. The van der Waals surface area contributed by atoms with Gasteiger partial charge in [0, 0.05) is 7.11 Å². The minimum absolute atomic E-state index is 0.0374. The Bertz CT molecular complexity index is 603. The van der Waals surface area contributed by atoms with Crippen molar-refractivity contribution < 1.29 is 27.5 Å². The zero-order valence-corrected chi connectivity index (χ0v) is 12.0. The van der Waals surface area contributed by atoms with Crippen LogP contribution >= 0.6 is 0 Å². The fourth-order valence-electron chi connectivity index (χ4n) is 2.28. The van der Waals surface area contributed by atoms with E-state index in [0.717, 1.165) is 17.0 Å². The predicted octanol–water partition coefficient (Wildman–Crippen LogP) is 2.12. The lowest BCUT2D eigenvalue weighted by atomic mass is 9.90. The molecule has 2 rings (SSSR count). The average molecular weight is 316 g/mol. The van der Waals surface area contributed by atoms with Crippen LogP contribution in [0.15, 0.2) is 24.3 Å². The van der Waals surface area contributed by atoms with E-state index in [-0.39, 0.29) is 18.7 Å². The quantitative estimate of drug-likeness (QED) is 0.866. The lowest BCUT2D eigenvalue weighted by molar-refractivity contribution is -0.138. The van der Waals surface area contributed by atoms with Gasteiger partial charge in [0.2, 0.25) is 0 Å². The number of nitrogens with one attached hydrogen (secondary N) is 1. The molecule has 1 atom stereocenters. The van der Waals surface area contributed by atoms with Crippen LogP contribution in [0.5, 0.6) is 0 Å². The van der Waals surface area contributed by atoms with Gasteiger partial charge in [0.1, 0.15) is 5.54 Å². The number of carbonyl (C=O) groups excluding carboxylic acids is 2. The van der Waals surface area contributed by atoms with E-state index in [9.17, 15) is 22.8 Å². The van der Waals surface area contributed by atoms with Crippen molar-refractivity contribution in [3.63, 3.8) is 0 Å². The molecule has 22 heavy (non-hydrogen) atoms. The molecule has 0 bridgehead atoms. The van der Waals surface area contributed by atoms with Gasteiger partial charge in [-0.1, -0.05) is 12.1 Å². The maximum absolute atomic E-state index is 12.8. The second kappa shape index (κ2) is 5.60. The number of amides is 3. The SMILES string of the molecule is COCCN1C(=O)NC(C)(c2cccc(C(F)(F)F)c2)C1=O. The lowest BCUT2D eigenvalue weighted by Gasteiger charge is -2.23. The summed E-state index contributed by atoms with van der Waals surface area (Å²) in [6.45, 7) is 1.57. The van der Waals surface area contributed by atoms with E-state index in [4.69, 9.17) is 4.74 Å². The summed E-state index contributed by atoms with van der Waals surface area (Å²) in [6, 6.07) is 3.73. The second-order valence-corrected chi connectivity index (χ2v) is 5.08. The van der Waals surface area contributed by atoms with E-state index in [2.05, 4.69) is 5.32 Å². The first-order valence-electron chi connectivity index (χ1n) is 6.51. The Balaban J connectivity index is 2.36. The van der Waals surface area contributed by atoms with Crippen molar-refractivity contribution >= 4 is 11.9 Å². The summed E-state index contributed by atoms with van der Waals surface area (Å²) in [7, 11) is 1.42. The molecular weight excluding hydrogens is 301 g/mol. The molecule has 1 unspecified atom stereocenters. The molecule has 1 aromatic rings. The highest BCUT2D eigenvalue weighted by Gasteiger charge is 2.49. The molecule has 0 aromatic heterocycles. The van der Waals surface area contributed by atoms with Crippen molar-refractivity contribution in [3.05, 3.63) is 35.4 Å². The van der Waals surface area contributed by atoms with Gasteiger partial charge in [-0.2, -0.15) is 13.2 Å². The van der Waals surface area contributed by atoms with E-state index < -0.39 is 29.2 Å². The number of imide groups is 1. The monoisotopic (exact) mass is 316 g/mol. The van der Waals surface area contributed by atoms with Crippen molar-refractivity contribution in [1.82, 2.24) is 10.2 Å². The van der Waals surface area contributed by atoms with Crippen molar-refractivity contribution in [3.8, 4) is 0 Å². The topological polar surface area (TPSA) is 58.6 Å². The minimum Gasteiger partial charge on any atom is -0.383 e. The minimum atomic E-state index is -4.52. The zero-order chi connectivity index (χ0) is 16.5. The molecule has 1 fully saturated rings. The molecule has 1 aliphatic heterocycles. The van der Waals surface area contributed by atoms with E-state index in [0.29, 0.717) is 0 Å². The summed E-state index contributed by atoms with van der Waals surface area (Å²) >= 11 is 0. The maximum atomic E-state index is 12.8. The number of carbonyl (C=O) groups is 2. The van der Waals surface area contributed by atoms with E-state index in [1.807, 2.05) is 0 Å². The van der Waals surface area contributed by atoms with Gasteiger partial charge in [-0.05, 0) is 24.6 Å². The van der Waals surface area contributed by atoms with E-state index in [1.165, 1.54) is 26.2 Å². The van der Waals surface area contributed by atoms with E-state index >= 15 is 0 Å². The Labute approximate surface area is 125 Å². The van der Waals surface area contributed by atoms with Gasteiger partial charge < -0.3 is 10.1 Å². The number of methoxy groups -OCH3 is 1. The zero-order valence-electron chi connectivity index (χ0n) is 12.0. The van der Waals surface area contributed by atoms with Crippen molar-refractivity contribution in [2.45, 2.75) is 18.6 Å². The molecule has 120 valence electrons. The van der Waals surface area contributed by atoms with Crippen LogP contribution in [0.2, 0.25) is 0 Å². The summed E-state index contributed by atoms with van der Waals surface area (Å²) in [5.41, 5.74) is -2.31. The largest absolute Gasteiger partial charge is 0.416 e. The van der Waals surface area contributed by atoms with Crippen LogP contribution in [0, 0.1) is 0 Å².